The quantitative estimate of drug-likeness (QED) is 0.645. The molecule has 0 fully saturated rings. The summed E-state index contributed by atoms with van der Waals surface area (Å²) in [6.45, 7) is 12.4. The largest absolute Gasteiger partial charge is 0.492 e. The molecule has 2 aromatic rings. The molecule has 0 spiro atoms. The number of nitrogens with zero attached hydrogens (tertiary/aromatic N) is 3. The average molecular weight is 387 g/mol. The van der Waals surface area contributed by atoms with E-state index in [0.717, 1.165) is 47.9 Å². The Bertz CT molecular complexity index is 766. The van der Waals surface area contributed by atoms with E-state index in [9.17, 15) is 4.79 Å². The van der Waals surface area contributed by atoms with Gasteiger partial charge in [-0.25, -0.2) is 0 Å². The molecule has 0 unspecified atom stereocenters. The van der Waals surface area contributed by atoms with E-state index in [1.807, 2.05) is 49.8 Å². The molecule has 28 heavy (non-hydrogen) atoms. The summed E-state index contributed by atoms with van der Waals surface area (Å²) in [7, 11) is 1.93. The van der Waals surface area contributed by atoms with Crippen LogP contribution in [-0.2, 0) is 24.8 Å². The third kappa shape index (κ3) is 6.09. The molecule has 6 heteroatoms. The summed E-state index contributed by atoms with van der Waals surface area (Å²) in [5.41, 5.74) is 4.29. The van der Waals surface area contributed by atoms with Crippen molar-refractivity contribution in [2.75, 3.05) is 26.2 Å². The van der Waals surface area contributed by atoms with Crippen molar-refractivity contribution < 1.29 is 9.53 Å². The number of aromatic nitrogens is 2. The van der Waals surface area contributed by atoms with E-state index in [4.69, 9.17) is 4.74 Å². The average Bonchev–Trinajstić information content (AvgIpc) is 2.94. The molecule has 0 aliphatic heterocycles. The number of hydrogen-bond acceptors (Lipinski definition) is 4. The SMILES string of the molecule is CCN(CC)CCOc1ccccc1CNC(=O)CCc1c(C)nn(C)c1C. The molecule has 1 aromatic carbocycles. The van der Waals surface area contributed by atoms with Crippen LogP contribution in [0.1, 0.15) is 42.8 Å². The summed E-state index contributed by atoms with van der Waals surface area (Å²) in [5, 5.41) is 7.43. The van der Waals surface area contributed by atoms with E-state index in [2.05, 4.69) is 29.2 Å². The number of aryl methyl sites for hydroxylation is 2. The van der Waals surface area contributed by atoms with Gasteiger partial charge >= 0.3 is 0 Å². The Balaban J connectivity index is 1.84. The highest BCUT2D eigenvalue weighted by atomic mass is 16.5. The predicted molar refractivity (Wildman–Crippen MR) is 113 cm³/mol. The highest BCUT2D eigenvalue weighted by molar-refractivity contribution is 5.76. The van der Waals surface area contributed by atoms with Crippen LogP contribution in [0.3, 0.4) is 0 Å². The summed E-state index contributed by atoms with van der Waals surface area (Å²) < 4.78 is 7.83. The lowest BCUT2D eigenvalue weighted by atomic mass is 10.1. The van der Waals surface area contributed by atoms with Crippen molar-refractivity contribution in [3.8, 4) is 5.75 Å². The lowest BCUT2D eigenvalue weighted by molar-refractivity contribution is -0.121. The molecule has 2 rings (SSSR count). The van der Waals surface area contributed by atoms with Crippen LogP contribution in [0.2, 0.25) is 0 Å². The second-order valence-corrected chi connectivity index (χ2v) is 7.03. The van der Waals surface area contributed by atoms with Crippen LogP contribution in [0.15, 0.2) is 24.3 Å². The van der Waals surface area contributed by atoms with Gasteiger partial charge in [-0.15, -0.1) is 0 Å². The maximum absolute atomic E-state index is 12.3. The van der Waals surface area contributed by atoms with E-state index in [1.54, 1.807) is 0 Å². The van der Waals surface area contributed by atoms with Crippen LogP contribution < -0.4 is 10.1 Å². The first-order valence-electron chi connectivity index (χ1n) is 10.1. The van der Waals surface area contributed by atoms with Gasteiger partial charge in [0.05, 0.1) is 5.69 Å². The van der Waals surface area contributed by atoms with Gasteiger partial charge in [0.2, 0.25) is 5.91 Å². The molecule has 1 heterocycles. The molecule has 1 aromatic heterocycles. The number of amides is 1. The number of benzene rings is 1. The van der Waals surface area contributed by atoms with Crippen LogP contribution in [0, 0.1) is 13.8 Å². The molecule has 0 saturated heterocycles. The van der Waals surface area contributed by atoms with Crippen molar-refractivity contribution in [2.24, 2.45) is 7.05 Å². The molecule has 0 aliphatic rings. The Morgan fingerprint density at radius 3 is 2.57 bits per heavy atom. The summed E-state index contributed by atoms with van der Waals surface area (Å²) in [6, 6.07) is 7.90. The zero-order valence-corrected chi connectivity index (χ0v) is 17.9. The van der Waals surface area contributed by atoms with Gasteiger partial charge in [0.15, 0.2) is 0 Å². The van der Waals surface area contributed by atoms with Crippen LogP contribution in [0.5, 0.6) is 5.75 Å². The smallest absolute Gasteiger partial charge is 0.220 e. The van der Waals surface area contributed by atoms with E-state index >= 15 is 0 Å². The highest BCUT2D eigenvalue weighted by Crippen LogP contribution is 2.18. The van der Waals surface area contributed by atoms with Crippen LogP contribution in [0.4, 0.5) is 0 Å². The molecule has 1 N–H and O–H groups in total. The minimum Gasteiger partial charge on any atom is -0.492 e. The van der Waals surface area contributed by atoms with Crippen LogP contribution in [0.25, 0.3) is 0 Å². The molecule has 6 nitrogen and oxygen atoms in total. The third-order valence-electron chi connectivity index (χ3n) is 5.27. The van der Waals surface area contributed by atoms with Gasteiger partial charge in [-0.05, 0) is 45.0 Å². The van der Waals surface area contributed by atoms with Crippen molar-refractivity contribution in [1.29, 1.82) is 0 Å². The van der Waals surface area contributed by atoms with E-state index in [-0.39, 0.29) is 5.91 Å². The monoisotopic (exact) mass is 386 g/mol. The normalized spacial score (nSPS) is 11.1. The summed E-state index contributed by atoms with van der Waals surface area (Å²) in [4.78, 5) is 14.7. The molecular weight excluding hydrogens is 352 g/mol. The Morgan fingerprint density at radius 1 is 1.21 bits per heavy atom. The maximum atomic E-state index is 12.3. The van der Waals surface area contributed by atoms with Crippen molar-refractivity contribution in [3.05, 3.63) is 46.8 Å². The number of nitrogens with one attached hydrogen (secondary N) is 1. The second-order valence-electron chi connectivity index (χ2n) is 7.03. The molecule has 0 aliphatic carbocycles. The standard InChI is InChI=1S/C22H34N4O2/c1-6-26(7-2)14-15-28-21-11-9-8-10-19(21)16-23-22(27)13-12-20-17(3)24-25(5)18(20)4/h8-11H,6-7,12-16H2,1-5H3,(H,23,27). The van der Waals surface area contributed by atoms with Crippen molar-refractivity contribution in [1.82, 2.24) is 20.0 Å². The summed E-state index contributed by atoms with van der Waals surface area (Å²) in [5.74, 6) is 0.884. The van der Waals surface area contributed by atoms with Gasteiger partial charge < -0.3 is 15.0 Å². The van der Waals surface area contributed by atoms with Gasteiger partial charge in [0, 0.05) is 37.8 Å². The van der Waals surface area contributed by atoms with Gasteiger partial charge in [0.25, 0.3) is 0 Å². The summed E-state index contributed by atoms with van der Waals surface area (Å²) in [6.07, 6.45) is 1.16. The molecule has 154 valence electrons. The molecule has 0 atom stereocenters. The molecule has 1 amide bonds. The lowest BCUT2D eigenvalue weighted by Gasteiger charge is -2.19. The highest BCUT2D eigenvalue weighted by Gasteiger charge is 2.12. The van der Waals surface area contributed by atoms with Crippen LogP contribution in [-0.4, -0.2) is 46.8 Å². The van der Waals surface area contributed by atoms with E-state index in [0.29, 0.717) is 26.0 Å². The zero-order valence-electron chi connectivity index (χ0n) is 17.9. The number of rotatable bonds is 11. The number of ether oxygens (including phenoxy) is 1. The Labute approximate surface area is 168 Å². The van der Waals surface area contributed by atoms with Gasteiger partial charge in [-0.1, -0.05) is 32.0 Å². The minimum absolute atomic E-state index is 0.0422. The number of carbonyl (C=O) groups is 1. The van der Waals surface area contributed by atoms with E-state index < -0.39 is 0 Å². The Hall–Kier alpha value is -2.34. The minimum atomic E-state index is 0.0422. The van der Waals surface area contributed by atoms with Gasteiger partial charge in [-0.2, -0.15) is 5.10 Å². The van der Waals surface area contributed by atoms with Crippen molar-refractivity contribution in [2.45, 2.75) is 47.1 Å². The molecule has 0 saturated carbocycles. The first-order chi connectivity index (χ1) is 13.5. The van der Waals surface area contributed by atoms with Gasteiger partial charge in [0.1, 0.15) is 12.4 Å². The predicted octanol–water partition coefficient (Wildman–Crippen LogP) is 3.01. The first-order valence-corrected chi connectivity index (χ1v) is 10.1. The fourth-order valence-electron chi connectivity index (χ4n) is 3.32. The Kier molecular flexibility index (Phi) is 8.51. The fraction of sp³-hybridized carbons (Fsp3) is 0.545. The summed E-state index contributed by atoms with van der Waals surface area (Å²) >= 11 is 0. The maximum Gasteiger partial charge on any atom is 0.220 e. The lowest BCUT2D eigenvalue weighted by Crippen LogP contribution is -2.28. The Morgan fingerprint density at radius 2 is 1.93 bits per heavy atom. The molecular formula is C22H34N4O2. The second kappa shape index (κ2) is 10.9. The van der Waals surface area contributed by atoms with Crippen molar-refractivity contribution in [3.63, 3.8) is 0 Å². The number of likely N-dealkylation sites (N-methyl/N-ethyl adjacent to an activating group) is 1. The fourth-order valence-corrected chi connectivity index (χ4v) is 3.32. The first kappa shape index (κ1) is 22.0. The third-order valence-corrected chi connectivity index (χ3v) is 5.27. The molecule has 0 bridgehead atoms. The zero-order chi connectivity index (χ0) is 20.5. The molecule has 0 radical (unpaired) electrons. The number of carbonyl (C=O) groups excluding carboxylic acids is 1. The van der Waals surface area contributed by atoms with Gasteiger partial charge in [-0.3, -0.25) is 9.48 Å². The van der Waals surface area contributed by atoms with E-state index in [1.165, 1.54) is 0 Å². The number of hydrogen-bond donors (Lipinski definition) is 1. The topological polar surface area (TPSA) is 59.4 Å². The number of para-hydroxylation sites is 1. The van der Waals surface area contributed by atoms with Crippen molar-refractivity contribution >= 4 is 5.91 Å². The van der Waals surface area contributed by atoms with Crippen LogP contribution >= 0.6 is 0 Å².